The number of benzene rings is 1. The third-order valence-electron chi connectivity index (χ3n) is 6.17. The highest BCUT2D eigenvalue weighted by molar-refractivity contribution is 6.30. The van der Waals surface area contributed by atoms with Gasteiger partial charge in [-0.3, -0.25) is 4.98 Å². The van der Waals surface area contributed by atoms with E-state index in [9.17, 15) is 9.90 Å². The van der Waals surface area contributed by atoms with Crippen molar-refractivity contribution < 1.29 is 14.6 Å². The first-order chi connectivity index (χ1) is 17.6. The lowest BCUT2D eigenvalue weighted by atomic mass is 9.94. The number of aromatic nitrogens is 3. The van der Waals surface area contributed by atoms with Crippen molar-refractivity contribution in [2.24, 2.45) is 7.05 Å². The van der Waals surface area contributed by atoms with Crippen LogP contribution in [0.5, 0.6) is 0 Å². The summed E-state index contributed by atoms with van der Waals surface area (Å²) >= 11 is 6.23. The number of carbonyl (C=O) groups is 1. The topological polar surface area (TPSA) is 92.5 Å². The number of halogens is 1. The van der Waals surface area contributed by atoms with Crippen LogP contribution in [0.3, 0.4) is 0 Å². The number of aliphatic hydroxyl groups is 1. The number of amides is 1. The molecule has 0 radical (unpaired) electrons. The molecular weight excluding hydrogens is 490 g/mol. The molecule has 0 saturated carbocycles. The molecule has 9 heteroatoms. The highest BCUT2D eigenvalue weighted by atomic mass is 35.5. The molecule has 196 valence electrons. The fourth-order valence-electron chi connectivity index (χ4n) is 4.32. The molecule has 1 fully saturated rings. The summed E-state index contributed by atoms with van der Waals surface area (Å²) in [6, 6.07) is 9.72. The number of ether oxygens (including phenoxy) is 1. The zero-order valence-electron chi connectivity index (χ0n) is 21.7. The maximum Gasteiger partial charge on any atom is 0.410 e. The lowest BCUT2D eigenvalue weighted by molar-refractivity contribution is 0.0229. The van der Waals surface area contributed by atoms with Gasteiger partial charge in [0.1, 0.15) is 11.7 Å². The maximum absolute atomic E-state index is 11.5. The van der Waals surface area contributed by atoms with E-state index in [1.807, 2.05) is 68.8 Å². The summed E-state index contributed by atoms with van der Waals surface area (Å²) in [7, 11) is 1.87. The Morgan fingerprint density at radius 2 is 1.97 bits per heavy atom. The lowest BCUT2D eigenvalue weighted by Gasteiger charge is -2.30. The van der Waals surface area contributed by atoms with Crippen molar-refractivity contribution in [2.75, 3.05) is 26.2 Å². The Morgan fingerprint density at radius 3 is 2.65 bits per heavy atom. The number of aliphatic hydroxyl groups excluding tert-OH is 1. The summed E-state index contributed by atoms with van der Waals surface area (Å²) in [6.45, 7) is 8.86. The molecule has 1 aliphatic carbocycles. The van der Waals surface area contributed by atoms with Crippen molar-refractivity contribution in [1.82, 2.24) is 24.8 Å². The number of rotatable bonds is 2. The van der Waals surface area contributed by atoms with Crippen molar-refractivity contribution >= 4 is 29.3 Å². The number of hydrogen-bond donors (Lipinski definition) is 2. The number of carbonyl (C=O) groups excluding carboxylic acids is 1. The summed E-state index contributed by atoms with van der Waals surface area (Å²) in [5, 5.41) is 14.8. The van der Waals surface area contributed by atoms with E-state index in [1.54, 1.807) is 23.6 Å². The van der Waals surface area contributed by atoms with Gasteiger partial charge in [-0.05, 0) is 67.3 Å². The molecule has 37 heavy (non-hydrogen) atoms. The first-order valence-electron chi connectivity index (χ1n) is 12.4. The average molecular weight is 524 g/mol. The largest absolute Gasteiger partial charge is 0.444 e. The number of aryl methyl sites for hydroxylation is 1. The van der Waals surface area contributed by atoms with Gasteiger partial charge in [0, 0.05) is 50.9 Å². The first kappa shape index (κ1) is 26.9. The SMILES string of the molecule is CC(C)(C)OC(=O)N1CCNCC1.Cn1cncc1C(O)C1=Cc2cccnc2Cc2ccc(Cl)cc21. The summed E-state index contributed by atoms with van der Waals surface area (Å²) in [5.41, 5.74) is 5.22. The number of hydrogen-bond acceptors (Lipinski definition) is 6. The van der Waals surface area contributed by atoms with Crippen molar-refractivity contribution in [3.8, 4) is 0 Å². The summed E-state index contributed by atoms with van der Waals surface area (Å²) < 4.78 is 7.06. The van der Waals surface area contributed by atoms with Crippen LogP contribution in [-0.2, 0) is 18.2 Å². The Labute approximate surface area is 223 Å². The van der Waals surface area contributed by atoms with Crippen LogP contribution in [0.15, 0.2) is 49.1 Å². The van der Waals surface area contributed by atoms with Gasteiger partial charge in [0.25, 0.3) is 0 Å². The molecule has 0 bridgehead atoms. The van der Waals surface area contributed by atoms with Crippen LogP contribution >= 0.6 is 11.6 Å². The van der Waals surface area contributed by atoms with Gasteiger partial charge in [-0.1, -0.05) is 23.7 Å². The lowest BCUT2D eigenvalue weighted by Crippen LogP contribution is -2.48. The third-order valence-corrected chi connectivity index (χ3v) is 6.41. The monoisotopic (exact) mass is 523 g/mol. The van der Waals surface area contributed by atoms with Gasteiger partial charge in [-0.25, -0.2) is 9.78 Å². The summed E-state index contributed by atoms with van der Waals surface area (Å²) in [5.74, 6) is 0. The Hall–Kier alpha value is -3.20. The smallest absolute Gasteiger partial charge is 0.410 e. The predicted octanol–water partition coefficient (Wildman–Crippen LogP) is 4.47. The molecule has 1 unspecified atom stereocenters. The Kier molecular flexibility index (Phi) is 8.32. The number of imidazole rings is 1. The Bertz CT molecular complexity index is 1270. The van der Waals surface area contributed by atoms with E-state index >= 15 is 0 Å². The highest BCUT2D eigenvalue weighted by Crippen LogP contribution is 2.38. The third kappa shape index (κ3) is 6.77. The fourth-order valence-corrected chi connectivity index (χ4v) is 4.49. The number of pyridine rings is 1. The Morgan fingerprint density at radius 1 is 1.22 bits per heavy atom. The minimum absolute atomic E-state index is 0.200. The van der Waals surface area contributed by atoms with Gasteiger partial charge < -0.3 is 24.6 Å². The quantitative estimate of drug-likeness (QED) is 0.515. The number of nitrogens with one attached hydrogen (secondary N) is 1. The first-order valence-corrected chi connectivity index (χ1v) is 12.8. The number of fused-ring (bicyclic) bond motifs is 2. The van der Waals surface area contributed by atoms with E-state index in [0.717, 1.165) is 59.8 Å². The van der Waals surface area contributed by atoms with E-state index in [2.05, 4.69) is 15.3 Å². The molecule has 5 rings (SSSR count). The number of piperazine rings is 1. The molecule has 2 aliphatic rings. The van der Waals surface area contributed by atoms with Crippen LogP contribution in [0, 0.1) is 0 Å². The average Bonchev–Trinajstić information content (AvgIpc) is 3.22. The van der Waals surface area contributed by atoms with Crippen molar-refractivity contribution in [2.45, 2.75) is 38.9 Å². The molecule has 0 spiro atoms. The molecule has 1 aromatic carbocycles. The zero-order chi connectivity index (χ0) is 26.6. The van der Waals surface area contributed by atoms with Crippen molar-refractivity contribution in [1.29, 1.82) is 0 Å². The second kappa shape index (κ2) is 11.5. The minimum Gasteiger partial charge on any atom is -0.444 e. The van der Waals surface area contributed by atoms with Crippen molar-refractivity contribution in [3.63, 3.8) is 0 Å². The van der Waals surface area contributed by atoms with Crippen LogP contribution in [0.4, 0.5) is 4.79 Å². The maximum atomic E-state index is 11.5. The van der Waals surface area contributed by atoms with Crippen LogP contribution < -0.4 is 5.32 Å². The van der Waals surface area contributed by atoms with Crippen LogP contribution in [-0.4, -0.2) is 62.4 Å². The molecule has 1 saturated heterocycles. The fraction of sp³-hybridized carbons (Fsp3) is 0.393. The van der Waals surface area contributed by atoms with Crippen LogP contribution in [0.25, 0.3) is 11.6 Å². The second-order valence-electron chi connectivity index (χ2n) is 10.2. The molecular formula is C28H34ClN5O3. The second-order valence-corrected chi connectivity index (χ2v) is 10.6. The van der Waals surface area contributed by atoms with Gasteiger partial charge >= 0.3 is 6.09 Å². The molecule has 3 heterocycles. The molecule has 2 N–H and O–H groups in total. The van der Waals surface area contributed by atoms with Gasteiger partial charge in [0.2, 0.25) is 0 Å². The molecule has 2 aromatic heterocycles. The molecule has 1 aliphatic heterocycles. The van der Waals surface area contributed by atoms with E-state index < -0.39 is 6.10 Å². The van der Waals surface area contributed by atoms with E-state index in [4.69, 9.17) is 16.3 Å². The van der Waals surface area contributed by atoms with E-state index in [0.29, 0.717) is 11.4 Å². The summed E-state index contributed by atoms with van der Waals surface area (Å²) in [6.07, 6.45) is 6.89. The van der Waals surface area contributed by atoms with Crippen molar-refractivity contribution in [3.05, 3.63) is 82.2 Å². The molecule has 3 aromatic rings. The van der Waals surface area contributed by atoms with E-state index in [1.165, 1.54) is 0 Å². The normalized spacial score (nSPS) is 15.8. The standard InChI is InChI=1S/C19H16ClN3O.C9H18N2O2/c1-23-11-21-10-18(23)19(24)16-7-13-3-2-6-22-17(13)8-12-4-5-14(20)9-15(12)16;1-9(2,3)13-8(12)11-6-4-10-5-7-11/h2-7,9-11,19,24H,8H2,1H3;10H,4-7H2,1-3H3. The Balaban J connectivity index is 0.000000209. The molecule has 1 atom stereocenters. The van der Waals surface area contributed by atoms with E-state index in [-0.39, 0.29) is 11.7 Å². The molecule has 8 nitrogen and oxygen atoms in total. The van der Waals surface area contributed by atoms with Gasteiger partial charge in [-0.2, -0.15) is 0 Å². The molecule has 1 amide bonds. The van der Waals surface area contributed by atoms with Gasteiger partial charge in [-0.15, -0.1) is 0 Å². The van der Waals surface area contributed by atoms with Crippen LogP contribution in [0.2, 0.25) is 5.02 Å². The van der Waals surface area contributed by atoms with Crippen LogP contribution in [0.1, 0.15) is 55.0 Å². The minimum atomic E-state index is -0.791. The highest BCUT2D eigenvalue weighted by Gasteiger charge is 2.25. The predicted molar refractivity (Wildman–Crippen MR) is 145 cm³/mol. The summed E-state index contributed by atoms with van der Waals surface area (Å²) in [4.78, 5) is 21.8. The van der Waals surface area contributed by atoms with Gasteiger partial charge in [0.05, 0.1) is 23.9 Å². The number of nitrogens with zero attached hydrogens (tertiary/aromatic N) is 4. The zero-order valence-corrected chi connectivity index (χ0v) is 22.5. The van der Waals surface area contributed by atoms with Gasteiger partial charge in [0.15, 0.2) is 0 Å².